The standard InChI is InChI=1S/C6H8F2O3/c7-3-4(8)6-10-1-2(11-6)5(3)9/h2-6,9H,1H2/t2-,3+,4+,5+,6+/m0/s1. The smallest absolute Gasteiger partial charge is 0.192 e. The van der Waals surface area contributed by atoms with Crippen molar-refractivity contribution >= 4 is 0 Å². The van der Waals surface area contributed by atoms with Crippen molar-refractivity contribution in [3.8, 4) is 0 Å². The molecule has 3 nitrogen and oxygen atoms in total. The second kappa shape index (κ2) is 2.36. The maximum atomic E-state index is 12.7. The number of ether oxygens (including phenoxy) is 2. The molecule has 2 bridgehead atoms. The van der Waals surface area contributed by atoms with Gasteiger partial charge in [0.05, 0.1) is 6.61 Å². The lowest BCUT2D eigenvalue weighted by atomic mass is 10.0. The fourth-order valence-electron chi connectivity index (χ4n) is 1.33. The van der Waals surface area contributed by atoms with E-state index < -0.39 is 30.8 Å². The third-order valence-corrected chi connectivity index (χ3v) is 2.01. The van der Waals surface area contributed by atoms with Crippen LogP contribution in [-0.2, 0) is 9.47 Å². The highest BCUT2D eigenvalue weighted by atomic mass is 19.2. The number of aliphatic hydroxyl groups excluding tert-OH is 1. The van der Waals surface area contributed by atoms with Gasteiger partial charge < -0.3 is 14.6 Å². The van der Waals surface area contributed by atoms with E-state index in [0.29, 0.717) is 0 Å². The van der Waals surface area contributed by atoms with Gasteiger partial charge in [0.25, 0.3) is 0 Å². The molecule has 2 aliphatic rings. The normalized spacial score (nSPS) is 56.5. The summed E-state index contributed by atoms with van der Waals surface area (Å²) >= 11 is 0. The Morgan fingerprint density at radius 1 is 1.27 bits per heavy atom. The van der Waals surface area contributed by atoms with Crippen LogP contribution in [0.3, 0.4) is 0 Å². The van der Waals surface area contributed by atoms with E-state index in [-0.39, 0.29) is 6.61 Å². The highest BCUT2D eigenvalue weighted by Gasteiger charge is 2.51. The molecule has 0 aromatic carbocycles. The van der Waals surface area contributed by atoms with E-state index in [1.165, 1.54) is 0 Å². The first-order valence-corrected chi connectivity index (χ1v) is 3.43. The van der Waals surface area contributed by atoms with Gasteiger partial charge in [0.2, 0.25) is 0 Å². The Bertz CT molecular complexity index is 146. The van der Waals surface area contributed by atoms with Crippen molar-refractivity contribution in [2.24, 2.45) is 0 Å². The van der Waals surface area contributed by atoms with Gasteiger partial charge in [0.15, 0.2) is 18.6 Å². The fourth-order valence-corrected chi connectivity index (χ4v) is 1.33. The minimum Gasteiger partial charge on any atom is -0.387 e. The first-order chi connectivity index (χ1) is 5.20. The summed E-state index contributed by atoms with van der Waals surface area (Å²) in [6, 6.07) is 0. The van der Waals surface area contributed by atoms with Gasteiger partial charge in [-0.1, -0.05) is 0 Å². The molecule has 2 aliphatic heterocycles. The van der Waals surface area contributed by atoms with Crippen LogP contribution in [0.2, 0.25) is 0 Å². The number of halogens is 2. The number of aliphatic hydroxyl groups is 1. The van der Waals surface area contributed by atoms with Gasteiger partial charge in [0.1, 0.15) is 12.2 Å². The van der Waals surface area contributed by atoms with E-state index in [9.17, 15) is 8.78 Å². The van der Waals surface area contributed by atoms with E-state index in [1.54, 1.807) is 0 Å². The summed E-state index contributed by atoms with van der Waals surface area (Å²) in [7, 11) is 0. The fraction of sp³-hybridized carbons (Fsp3) is 1.00. The lowest BCUT2D eigenvalue weighted by Crippen LogP contribution is -2.49. The molecular formula is C6H8F2O3. The third-order valence-electron chi connectivity index (χ3n) is 2.01. The summed E-state index contributed by atoms with van der Waals surface area (Å²) in [5.74, 6) is 0. The average molecular weight is 166 g/mol. The second-order valence-corrected chi connectivity index (χ2v) is 2.76. The lowest BCUT2D eigenvalue weighted by molar-refractivity contribution is -0.190. The van der Waals surface area contributed by atoms with Crippen molar-refractivity contribution in [1.29, 1.82) is 0 Å². The van der Waals surface area contributed by atoms with Crippen molar-refractivity contribution in [3.05, 3.63) is 0 Å². The number of hydrogen-bond donors (Lipinski definition) is 1. The van der Waals surface area contributed by atoms with Crippen molar-refractivity contribution in [2.45, 2.75) is 30.8 Å². The molecule has 11 heavy (non-hydrogen) atoms. The monoisotopic (exact) mass is 166 g/mol. The zero-order valence-electron chi connectivity index (χ0n) is 5.61. The Morgan fingerprint density at radius 2 is 2.00 bits per heavy atom. The molecule has 2 heterocycles. The van der Waals surface area contributed by atoms with E-state index >= 15 is 0 Å². The van der Waals surface area contributed by atoms with Crippen LogP contribution >= 0.6 is 0 Å². The van der Waals surface area contributed by atoms with Crippen LogP contribution in [0.15, 0.2) is 0 Å². The number of alkyl halides is 2. The van der Waals surface area contributed by atoms with E-state index in [2.05, 4.69) is 0 Å². The Kier molecular flexibility index (Phi) is 1.59. The predicted octanol–water partition coefficient (Wildman–Crippen LogP) is -0.221. The SMILES string of the molecule is O[C@H]1[C@H](F)[C@@H](F)[C@@H]2OC[C@@H]1O2. The number of fused-ring (bicyclic) bond motifs is 2. The van der Waals surface area contributed by atoms with Crippen LogP contribution < -0.4 is 0 Å². The van der Waals surface area contributed by atoms with Gasteiger partial charge in [-0.15, -0.1) is 0 Å². The van der Waals surface area contributed by atoms with Crippen molar-refractivity contribution in [1.82, 2.24) is 0 Å². The maximum Gasteiger partial charge on any atom is 0.192 e. The maximum absolute atomic E-state index is 12.7. The molecule has 0 aromatic heterocycles. The third kappa shape index (κ3) is 0.953. The highest BCUT2D eigenvalue weighted by molar-refractivity contribution is 4.93. The Balaban J connectivity index is 2.16. The molecule has 2 rings (SSSR count). The molecule has 2 fully saturated rings. The topological polar surface area (TPSA) is 38.7 Å². The van der Waals surface area contributed by atoms with Gasteiger partial charge in [-0.25, -0.2) is 8.78 Å². The van der Waals surface area contributed by atoms with Crippen molar-refractivity contribution in [2.75, 3.05) is 6.61 Å². The van der Waals surface area contributed by atoms with Crippen LogP contribution in [0.5, 0.6) is 0 Å². The Morgan fingerprint density at radius 3 is 2.73 bits per heavy atom. The van der Waals surface area contributed by atoms with Gasteiger partial charge >= 0.3 is 0 Å². The molecule has 2 saturated heterocycles. The minimum atomic E-state index is -1.87. The Hall–Kier alpha value is -0.260. The van der Waals surface area contributed by atoms with E-state index in [4.69, 9.17) is 14.6 Å². The van der Waals surface area contributed by atoms with Gasteiger partial charge in [-0.3, -0.25) is 0 Å². The first kappa shape index (κ1) is 7.39. The van der Waals surface area contributed by atoms with Gasteiger partial charge in [-0.05, 0) is 0 Å². The molecule has 0 spiro atoms. The molecule has 5 atom stereocenters. The zero-order chi connectivity index (χ0) is 8.01. The summed E-state index contributed by atoms with van der Waals surface area (Å²) in [5.41, 5.74) is 0. The van der Waals surface area contributed by atoms with Gasteiger partial charge in [0, 0.05) is 0 Å². The van der Waals surface area contributed by atoms with Crippen LogP contribution in [0.1, 0.15) is 0 Å². The molecule has 0 radical (unpaired) electrons. The molecule has 0 aromatic rings. The second-order valence-electron chi connectivity index (χ2n) is 2.76. The number of hydrogen-bond acceptors (Lipinski definition) is 3. The molecule has 64 valence electrons. The van der Waals surface area contributed by atoms with Crippen LogP contribution in [-0.4, -0.2) is 42.6 Å². The molecule has 1 N–H and O–H groups in total. The zero-order valence-corrected chi connectivity index (χ0v) is 5.61. The van der Waals surface area contributed by atoms with Crippen molar-refractivity contribution in [3.63, 3.8) is 0 Å². The number of rotatable bonds is 0. The van der Waals surface area contributed by atoms with Crippen LogP contribution in [0, 0.1) is 0 Å². The summed E-state index contributed by atoms with van der Waals surface area (Å²) in [5, 5.41) is 9.01. The Labute approximate surface area is 61.9 Å². The summed E-state index contributed by atoms with van der Waals surface area (Å²) < 4.78 is 35.0. The minimum absolute atomic E-state index is 0.0761. The predicted molar refractivity (Wildman–Crippen MR) is 30.4 cm³/mol. The van der Waals surface area contributed by atoms with Crippen LogP contribution in [0.25, 0.3) is 0 Å². The largest absolute Gasteiger partial charge is 0.387 e. The summed E-state index contributed by atoms with van der Waals surface area (Å²) in [4.78, 5) is 0. The summed E-state index contributed by atoms with van der Waals surface area (Å²) in [6.45, 7) is 0.0761. The molecular weight excluding hydrogens is 158 g/mol. The summed E-state index contributed by atoms with van der Waals surface area (Å²) in [6.07, 6.45) is -6.92. The average Bonchev–Trinajstić information content (AvgIpc) is 2.44. The van der Waals surface area contributed by atoms with Gasteiger partial charge in [-0.2, -0.15) is 0 Å². The molecule has 0 aliphatic carbocycles. The van der Waals surface area contributed by atoms with Crippen LogP contribution in [0.4, 0.5) is 8.78 Å². The molecule has 0 saturated carbocycles. The molecule has 5 heteroatoms. The quantitative estimate of drug-likeness (QED) is 0.540. The first-order valence-electron chi connectivity index (χ1n) is 3.43. The van der Waals surface area contributed by atoms with E-state index in [0.717, 1.165) is 0 Å². The highest BCUT2D eigenvalue weighted by Crippen LogP contribution is 2.31. The van der Waals surface area contributed by atoms with E-state index in [1.807, 2.05) is 0 Å². The molecule has 0 unspecified atom stereocenters. The van der Waals surface area contributed by atoms with Crippen molar-refractivity contribution < 1.29 is 23.4 Å². The lowest BCUT2D eigenvalue weighted by Gasteiger charge is -2.29. The molecule has 0 amide bonds.